The van der Waals surface area contributed by atoms with Gasteiger partial charge in [0, 0.05) is 19.1 Å². The molecule has 3 fully saturated rings. The van der Waals surface area contributed by atoms with E-state index in [-0.39, 0.29) is 12.0 Å². The zero-order valence-corrected chi connectivity index (χ0v) is 12.0. The predicted octanol–water partition coefficient (Wildman–Crippen LogP) is 1.33. The summed E-state index contributed by atoms with van der Waals surface area (Å²) in [6.07, 6.45) is 7.64. The Labute approximate surface area is 119 Å². The molecule has 5 heteroatoms. The Morgan fingerprint density at radius 2 is 1.95 bits per heavy atom. The highest BCUT2D eigenvalue weighted by atomic mass is 16.4. The van der Waals surface area contributed by atoms with Crippen molar-refractivity contribution in [2.75, 3.05) is 26.2 Å². The third-order valence-corrected chi connectivity index (χ3v) is 5.33. The summed E-state index contributed by atoms with van der Waals surface area (Å²) in [5.74, 6) is -0.485. The Morgan fingerprint density at radius 3 is 2.65 bits per heavy atom. The molecule has 1 amide bonds. The first-order valence-electron chi connectivity index (χ1n) is 7.86. The van der Waals surface area contributed by atoms with Gasteiger partial charge in [-0.2, -0.15) is 0 Å². The van der Waals surface area contributed by atoms with Gasteiger partial charge in [-0.3, -0.25) is 14.5 Å². The van der Waals surface area contributed by atoms with Crippen molar-refractivity contribution in [3.8, 4) is 0 Å². The molecule has 5 nitrogen and oxygen atoms in total. The maximum atomic E-state index is 12.9. The van der Waals surface area contributed by atoms with E-state index in [1.165, 1.54) is 12.8 Å². The quantitative estimate of drug-likeness (QED) is 0.847. The van der Waals surface area contributed by atoms with Gasteiger partial charge in [0.05, 0.1) is 12.0 Å². The highest BCUT2D eigenvalue weighted by molar-refractivity contribution is 5.84. The standard InChI is InChI=1S/C15H24N2O3/c18-13(19)10-16-9-7-15(11-16)6-3-8-17(14(15)20)12-4-1-2-5-12/h12H,1-11H2,(H,18,19)/t15-/m1/s1. The fourth-order valence-corrected chi connectivity index (χ4v) is 4.33. The van der Waals surface area contributed by atoms with Crippen molar-refractivity contribution in [1.82, 2.24) is 9.80 Å². The molecule has 1 spiro atoms. The van der Waals surface area contributed by atoms with E-state index in [1.54, 1.807) is 0 Å². The van der Waals surface area contributed by atoms with E-state index in [4.69, 9.17) is 5.11 Å². The average molecular weight is 280 g/mol. The van der Waals surface area contributed by atoms with E-state index >= 15 is 0 Å². The van der Waals surface area contributed by atoms with E-state index in [9.17, 15) is 9.59 Å². The van der Waals surface area contributed by atoms with Gasteiger partial charge >= 0.3 is 5.97 Å². The molecule has 2 saturated heterocycles. The van der Waals surface area contributed by atoms with Gasteiger partial charge in [-0.25, -0.2) is 0 Å². The topological polar surface area (TPSA) is 60.9 Å². The maximum absolute atomic E-state index is 12.9. The van der Waals surface area contributed by atoms with Crippen LogP contribution < -0.4 is 0 Å². The van der Waals surface area contributed by atoms with Gasteiger partial charge in [-0.15, -0.1) is 0 Å². The number of hydrogen-bond donors (Lipinski definition) is 1. The van der Waals surface area contributed by atoms with Crippen LogP contribution in [0.4, 0.5) is 0 Å². The summed E-state index contributed by atoms with van der Waals surface area (Å²) in [5, 5.41) is 8.91. The lowest BCUT2D eigenvalue weighted by Gasteiger charge is -2.42. The first kappa shape index (κ1) is 13.9. The third-order valence-electron chi connectivity index (χ3n) is 5.33. The van der Waals surface area contributed by atoms with E-state index in [0.29, 0.717) is 18.5 Å². The number of hydrogen-bond acceptors (Lipinski definition) is 3. The normalized spacial score (nSPS) is 32.4. The number of piperidine rings is 1. The average Bonchev–Trinajstić information content (AvgIpc) is 3.03. The Kier molecular flexibility index (Phi) is 3.71. The van der Waals surface area contributed by atoms with Crippen LogP contribution >= 0.6 is 0 Å². The van der Waals surface area contributed by atoms with Crippen molar-refractivity contribution < 1.29 is 14.7 Å². The summed E-state index contributed by atoms with van der Waals surface area (Å²) in [5.41, 5.74) is -0.281. The summed E-state index contributed by atoms with van der Waals surface area (Å²) in [6, 6.07) is 0.452. The molecule has 3 rings (SSSR count). The number of carboxylic acids is 1. The van der Waals surface area contributed by atoms with Crippen LogP contribution in [0.5, 0.6) is 0 Å². The van der Waals surface area contributed by atoms with Crippen molar-refractivity contribution in [3.05, 3.63) is 0 Å². The monoisotopic (exact) mass is 280 g/mol. The molecule has 1 N–H and O–H groups in total. The first-order valence-corrected chi connectivity index (χ1v) is 7.86. The summed E-state index contributed by atoms with van der Waals surface area (Å²) in [4.78, 5) is 27.8. The van der Waals surface area contributed by atoms with Crippen LogP contribution in [0.25, 0.3) is 0 Å². The van der Waals surface area contributed by atoms with Crippen molar-refractivity contribution >= 4 is 11.9 Å². The van der Waals surface area contributed by atoms with Crippen LogP contribution in [0.15, 0.2) is 0 Å². The number of likely N-dealkylation sites (tertiary alicyclic amines) is 2. The largest absolute Gasteiger partial charge is 0.480 e. The fourth-order valence-electron chi connectivity index (χ4n) is 4.33. The van der Waals surface area contributed by atoms with Crippen LogP contribution in [0, 0.1) is 5.41 Å². The van der Waals surface area contributed by atoms with E-state index in [0.717, 1.165) is 45.2 Å². The van der Waals surface area contributed by atoms with Crippen LogP contribution in [-0.4, -0.2) is 59.0 Å². The molecule has 1 saturated carbocycles. The minimum absolute atomic E-state index is 0.0679. The lowest BCUT2D eigenvalue weighted by Crippen LogP contribution is -2.53. The van der Waals surface area contributed by atoms with Crippen LogP contribution in [0.2, 0.25) is 0 Å². The maximum Gasteiger partial charge on any atom is 0.317 e. The van der Waals surface area contributed by atoms with E-state index < -0.39 is 5.97 Å². The molecule has 2 heterocycles. The van der Waals surface area contributed by atoms with Crippen LogP contribution in [-0.2, 0) is 9.59 Å². The molecule has 0 radical (unpaired) electrons. The number of aliphatic carboxylic acids is 1. The van der Waals surface area contributed by atoms with Crippen molar-refractivity contribution in [3.63, 3.8) is 0 Å². The Bertz CT molecular complexity index is 406. The van der Waals surface area contributed by atoms with Gasteiger partial charge < -0.3 is 10.0 Å². The van der Waals surface area contributed by atoms with Gasteiger partial charge in [0.15, 0.2) is 0 Å². The molecule has 0 aromatic rings. The summed E-state index contributed by atoms with van der Waals surface area (Å²) in [7, 11) is 0. The molecule has 0 aromatic carbocycles. The molecule has 1 atom stereocenters. The molecule has 0 unspecified atom stereocenters. The number of rotatable bonds is 3. The third kappa shape index (κ3) is 2.43. The van der Waals surface area contributed by atoms with Crippen LogP contribution in [0.1, 0.15) is 44.9 Å². The zero-order valence-electron chi connectivity index (χ0n) is 12.0. The lowest BCUT2D eigenvalue weighted by atomic mass is 9.77. The predicted molar refractivity (Wildman–Crippen MR) is 74.3 cm³/mol. The van der Waals surface area contributed by atoms with Crippen LogP contribution in [0.3, 0.4) is 0 Å². The van der Waals surface area contributed by atoms with Crippen molar-refractivity contribution in [2.24, 2.45) is 5.41 Å². The smallest absolute Gasteiger partial charge is 0.317 e. The van der Waals surface area contributed by atoms with Gasteiger partial charge in [0.1, 0.15) is 0 Å². The molecule has 2 aliphatic heterocycles. The molecule has 3 aliphatic rings. The molecule has 0 aromatic heterocycles. The second-order valence-corrected chi connectivity index (χ2v) is 6.68. The SMILES string of the molecule is O=C(O)CN1CC[C@]2(CCCN(C3CCCC3)C2=O)C1. The lowest BCUT2D eigenvalue weighted by molar-refractivity contribution is -0.149. The molecule has 1 aliphatic carbocycles. The Hall–Kier alpha value is -1.10. The molecule has 0 bridgehead atoms. The number of carboxylic acid groups (broad SMARTS) is 1. The molecule has 20 heavy (non-hydrogen) atoms. The first-order chi connectivity index (χ1) is 9.61. The van der Waals surface area contributed by atoms with Crippen molar-refractivity contribution in [2.45, 2.75) is 51.0 Å². The molecular formula is C15H24N2O3. The Morgan fingerprint density at radius 1 is 1.20 bits per heavy atom. The zero-order chi connectivity index (χ0) is 14.2. The molecular weight excluding hydrogens is 256 g/mol. The van der Waals surface area contributed by atoms with Gasteiger partial charge in [-0.1, -0.05) is 12.8 Å². The second-order valence-electron chi connectivity index (χ2n) is 6.68. The molecule has 112 valence electrons. The minimum Gasteiger partial charge on any atom is -0.480 e. The summed E-state index contributed by atoms with van der Waals surface area (Å²) in [6.45, 7) is 2.36. The van der Waals surface area contributed by atoms with E-state index in [1.807, 2.05) is 4.90 Å². The van der Waals surface area contributed by atoms with Gasteiger partial charge in [0.2, 0.25) is 5.91 Å². The fraction of sp³-hybridized carbons (Fsp3) is 0.867. The summed E-state index contributed by atoms with van der Waals surface area (Å²) < 4.78 is 0. The van der Waals surface area contributed by atoms with Gasteiger partial charge in [-0.05, 0) is 38.6 Å². The van der Waals surface area contributed by atoms with Gasteiger partial charge in [0.25, 0.3) is 0 Å². The number of nitrogens with zero attached hydrogens (tertiary/aromatic N) is 2. The highest BCUT2D eigenvalue weighted by Crippen LogP contribution is 2.42. The van der Waals surface area contributed by atoms with E-state index in [2.05, 4.69) is 4.90 Å². The number of amides is 1. The minimum atomic E-state index is -0.794. The Balaban J connectivity index is 1.70. The second kappa shape index (κ2) is 5.35. The van der Waals surface area contributed by atoms with Crippen molar-refractivity contribution in [1.29, 1.82) is 0 Å². The number of carbonyl (C=O) groups excluding carboxylic acids is 1. The summed E-state index contributed by atoms with van der Waals surface area (Å²) >= 11 is 0. The highest BCUT2D eigenvalue weighted by Gasteiger charge is 2.49. The number of carbonyl (C=O) groups is 2.